The van der Waals surface area contributed by atoms with Crippen molar-refractivity contribution < 1.29 is 0 Å². The summed E-state index contributed by atoms with van der Waals surface area (Å²) >= 11 is 9.57. The van der Waals surface area contributed by atoms with Crippen molar-refractivity contribution in [1.82, 2.24) is 9.55 Å². The molecule has 0 N–H and O–H groups in total. The van der Waals surface area contributed by atoms with Crippen molar-refractivity contribution in [3.05, 3.63) is 47.0 Å². The molecule has 0 aliphatic carbocycles. The molecule has 0 saturated heterocycles. The lowest BCUT2D eigenvalue weighted by molar-refractivity contribution is 0.760. The highest BCUT2D eigenvalue weighted by Gasteiger charge is 2.10. The van der Waals surface area contributed by atoms with Crippen LogP contribution < -0.4 is 4.90 Å². The molecule has 0 fully saturated rings. The van der Waals surface area contributed by atoms with E-state index >= 15 is 0 Å². The van der Waals surface area contributed by atoms with E-state index in [4.69, 9.17) is 11.6 Å². The molecule has 0 radical (unpaired) electrons. The zero-order valence-electron chi connectivity index (χ0n) is 10.4. The van der Waals surface area contributed by atoms with Crippen LogP contribution in [0, 0.1) is 0 Å². The van der Waals surface area contributed by atoms with E-state index in [9.17, 15) is 0 Å². The van der Waals surface area contributed by atoms with Gasteiger partial charge < -0.3 is 9.47 Å². The second-order valence-corrected chi connectivity index (χ2v) is 5.21. The maximum atomic E-state index is 6.07. The van der Waals surface area contributed by atoms with Gasteiger partial charge in [0.25, 0.3) is 0 Å². The molecule has 0 spiro atoms. The molecule has 0 aliphatic heterocycles. The Kier molecular flexibility index (Phi) is 4.30. The monoisotopic (exact) mass is 327 g/mol. The zero-order valence-corrected chi connectivity index (χ0v) is 12.7. The van der Waals surface area contributed by atoms with E-state index in [0.717, 1.165) is 28.4 Å². The number of halogens is 2. The van der Waals surface area contributed by atoms with Crippen molar-refractivity contribution in [1.29, 1.82) is 0 Å². The summed E-state index contributed by atoms with van der Waals surface area (Å²) in [6, 6.07) is 5.94. The predicted molar refractivity (Wildman–Crippen MR) is 79.4 cm³/mol. The lowest BCUT2D eigenvalue weighted by atomic mass is 10.2. The van der Waals surface area contributed by atoms with Gasteiger partial charge in [0.2, 0.25) is 0 Å². The van der Waals surface area contributed by atoms with Gasteiger partial charge in [-0.3, -0.25) is 0 Å². The van der Waals surface area contributed by atoms with E-state index in [2.05, 4.69) is 25.8 Å². The molecule has 96 valence electrons. The lowest BCUT2D eigenvalue weighted by Gasteiger charge is -2.22. The number of imidazole rings is 1. The fraction of sp³-hybridized carbons (Fsp3) is 0.308. The Morgan fingerprint density at radius 2 is 2.22 bits per heavy atom. The summed E-state index contributed by atoms with van der Waals surface area (Å²) in [5, 5.41) is 1.56. The van der Waals surface area contributed by atoms with Gasteiger partial charge in [0.05, 0.1) is 6.54 Å². The summed E-state index contributed by atoms with van der Waals surface area (Å²) in [5.74, 6) is 1.03. The predicted octanol–water partition coefficient (Wildman–Crippen LogP) is 3.60. The molecular weight excluding hydrogens is 314 g/mol. The number of alkyl halides is 1. The first-order valence-electron chi connectivity index (χ1n) is 5.63. The normalized spacial score (nSPS) is 10.7. The van der Waals surface area contributed by atoms with Gasteiger partial charge in [0, 0.05) is 42.5 Å². The fourth-order valence-electron chi connectivity index (χ4n) is 1.85. The maximum absolute atomic E-state index is 6.07. The van der Waals surface area contributed by atoms with E-state index in [1.165, 1.54) is 5.56 Å². The van der Waals surface area contributed by atoms with E-state index in [0.29, 0.717) is 0 Å². The summed E-state index contributed by atoms with van der Waals surface area (Å²) in [6.07, 6.45) is 3.76. The smallest absolute Gasteiger partial charge is 0.127 e. The van der Waals surface area contributed by atoms with E-state index in [-0.39, 0.29) is 0 Å². The molecule has 0 unspecified atom stereocenters. The molecule has 1 aromatic carbocycles. The minimum absolute atomic E-state index is 0.751. The highest BCUT2D eigenvalue weighted by molar-refractivity contribution is 9.08. The van der Waals surface area contributed by atoms with Crippen molar-refractivity contribution >= 4 is 33.2 Å². The van der Waals surface area contributed by atoms with Gasteiger partial charge >= 0.3 is 0 Å². The number of aryl methyl sites for hydroxylation is 1. The number of hydrogen-bond acceptors (Lipinski definition) is 2. The van der Waals surface area contributed by atoms with Crippen molar-refractivity contribution in [3.8, 4) is 0 Å². The Bertz CT molecular complexity index is 539. The Balaban J connectivity index is 2.25. The van der Waals surface area contributed by atoms with Crippen molar-refractivity contribution in [2.24, 2.45) is 7.05 Å². The number of nitrogens with zero attached hydrogens (tertiary/aromatic N) is 3. The van der Waals surface area contributed by atoms with Crippen molar-refractivity contribution in [2.75, 3.05) is 11.9 Å². The molecule has 2 aromatic rings. The summed E-state index contributed by atoms with van der Waals surface area (Å²) in [5.41, 5.74) is 2.35. The highest BCUT2D eigenvalue weighted by atomic mass is 79.9. The third kappa shape index (κ3) is 2.87. The van der Waals surface area contributed by atoms with Gasteiger partial charge in [-0.1, -0.05) is 33.6 Å². The molecule has 2 rings (SSSR count). The SMILES string of the molecule is CN(Cc1nccn1C)c1cc(Cl)ccc1CBr. The number of benzene rings is 1. The van der Waals surface area contributed by atoms with Crippen LogP contribution in [0.15, 0.2) is 30.6 Å². The molecule has 3 nitrogen and oxygen atoms in total. The number of aromatic nitrogens is 2. The van der Waals surface area contributed by atoms with Crippen LogP contribution in [-0.4, -0.2) is 16.6 Å². The third-order valence-electron chi connectivity index (χ3n) is 2.90. The van der Waals surface area contributed by atoms with Crippen LogP contribution in [0.3, 0.4) is 0 Å². The first-order valence-corrected chi connectivity index (χ1v) is 7.13. The van der Waals surface area contributed by atoms with E-state index in [1.807, 2.05) is 49.3 Å². The van der Waals surface area contributed by atoms with Crippen LogP contribution in [0.5, 0.6) is 0 Å². The van der Waals surface area contributed by atoms with E-state index in [1.54, 1.807) is 0 Å². The summed E-state index contributed by atoms with van der Waals surface area (Å²) < 4.78 is 2.02. The number of hydrogen-bond donors (Lipinski definition) is 0. The third-order valence-corrected chi connectivity index (χ3v) is 3.74. The number of anilines is 1. The zero-order chi connectivity index (χ0) is 13.1. The molecule has 0 atom stereocenters. The molecule has 5 heteroatoms. The van der Waals surface area contributed by atoms with Gasteiger partial charge in [-0.05, 0) is 17.7 Å². The topological polar surface area (TPSA) is 21.1 Å². The lowest BCUT2D eigenvalue weighted by Crippen LogP contribution is -2.20. The molecule has 0 saturated carbocycles. The Morgan fingerprint density at radius 3 is 2.83 bits per heavy atom. The molecular formula is C13H15BrClN3. The average Bonchev–Trinajstić information content (AvgIpc) is 2.75. The van der Waals surface area contributed by atoms with Gasteiger partial charge in [0.1, 0.15) is 5.82 Å². The van der Waals surface area contributed by atoms with Crippen LogP contribution in [0.1, 0.15) is 11.4 Å². The largest absolute Gasteiger partial charge is 0.367 e. The standard InChI is InChI=1S/C13H15BrClN3/c1-17-6-5-16-13(17)9-18(2)12-7-11(15)4-3-10(12)8-14/h3-7H,8-9H2,1-2H3. The van der Waals surface area contributed by atoms with Crippen molar-refractivity contribution in [2.45, 2.75) is 11.9 Å². The average molecular weight is 329 g/mol. The first kappa shape index (κ1) is 13.4. The molecule has 0 bridgehead atoms. The van der Waals surface area contributed by atoms with Gasteiger partial charge in [-0.25, -0.2) is 4.98 Å². The fourth-order valence-corrected chi connectivity index (χ4v) is 2.49. The molecule has 0 aliphatic rings. The summed E-state index contributed by atoms with van der Waals surface area (Å²) in [7, 11) is 4.05. The first-order chi connectivity index (χ1) is 8.61. The van der Waals surface area contributed by atoms with E-state index < -0.39 is 0 Å². The van der Waals surface area contributed by atoms with Crippen molar-refractivity contribution in [3.63, 3.8) is 0 Å². The molecule has 1 aromatic heterocycles. The highest BCUT2D eigenvalue weighted by Crippen LogP contribution is 2.26. The Morgan fingerprint density at radius 1 is 1.44 bits per heavy atom. The van der Waals surface area contributed by atoms with Gasteiger partial charge in [-0.15, -0.1) is 0 Å². The Labute approximate surface area is 121 Å². The second-order valence-electron chi connectivity index (χ2n) is 4.22. The quantitative estimate of drug-likeness (QED) is 0.800. The molecule has 1 heterocycles. The second kappa shape index (κ2) is 5.76. The summed E-state index contributed by atoms with van der Waals surface area (Å²) in [6.45, 7) is 0.754. The van der Waals surface area contributed by atoms with Crippen LogP contribution >= 0.6 is 27.5 Å². The minimum Gasteiger partial charge on any atom is -0.367 e. The molecule has 0 amide bonds. The van der Waals surface area contributed by atoms with Crippen LogP contribution in [0.4, 0.5) is 5.69 Å². The number of rotatable bonds is 4. The van der Waals surface area contributed by atoms with Crippen LogP contribution in [0.2, 0.25) is 5.02 Å². The summed E-state index contributed by atoms with van der Waals surface area (Å²) in [4.78, 5) is 6.49. The maximum Gasteiger partial charge on any atom is 0.127 e. The minimum atomic E-state index is 0.751. The van der Waals surface area contributed by atoms with Crippen LogP contribution in [0.25, 0.3) is 0 Å². The van der Waals surface area contributed by atoms with Gasteiger partial charge in [-0.2, -0.15) is 0 Å². The van der Waals surface area contributed by atoms with Crippen LogP contribution in [-0.2, 0) is 18.9 Å². The van der Waals surface area contributed by atoms with Gasteiger partial charge in [0.15, 0.2) is 0 Å². The molecule has 18 heavy (non-hydrogen) atoms. The Hall–Kier alpha value is -1.000.